The van der Waals surface area contributed by atoms with Gasteiger partial charge in [-0.3, -0.25) is 19.0 Å². The van der Waals surface area contributed by atoms with Crippen LogP contribution >= 0.6 is 0 Å². The van der Waals surface area contributed by atoms with E-state index in [4.69, 9.17) is 9.47 Å². The van der Waals surface area contributed by atoms with Crippen LogP contribution in [0.3, 0.4) is 0 Å². The van der Waals surface area contributed by atoms with Crippen LogP contribution in [0.5, 0.6) is 5.88 Å². The summed E-state index contributed by atoms with van der Waals surface area (Å²) < 4.78 is 13.4. The van der Waals surface area contributed by atoms with Crippen LogP contribution in [0.25, 0.3) is 11.7 Å². The highest BCUT2D eigenvalue weighted by atomic mass is 16.5. The molecule has 2 N–H and O–H groups in total. The average molecular weight is 488 g/mol. The van der Waals surface area contributed by atoms with Gasteiger partial charge in [0.25, 0.3) is 11.5 Å². The molecule has 2 amide bonds. The third-order valence-electron chi connectivity index (χ3n) is 6.17. The first-order valence-corrected chi connectivity index (χ1v) is 11.9. The maximum Gasteiger partial charge on any atom is 0.270 e. The molecule has 1 aliphatic carbocycles. The Balaban J connectivity index is 1.77. The zero-order valence-electron chi connectivity index (χ0n) is 20.6. The molecule has 35 heavy (non-hydrogen) atoms. The molecule has 0 bridgehead atoms. The highest BCUT2D eigenvalue weighted by Crippen LogP contribution is 2.25. The molecule has 1 saturated carbocycles. The van der Waals surface area contributed by atoms with E-state index in [0.717, 1.165) is 12.8 Å². The van der Waals surface area contributed by atoms with Gasteiger partial charge in [0.15, 0.2) is 5.56 Å². The van der Waals surface area contributed by atoms with Crippen molar-refractivity contribution < 1.29 is 24.2 Å². The minimum Gasteiger partial charge on any atom is -0.492 e. The summed E-state index contributed by atoms with van der Waals surface area (Å²) in [6.07, 6.45) is 4.76. The summed E-state index contributed by atoms with van der Waals surface area (Å²) in [5.41, 5.74) is 0.459. The van der Waals surface area contributed by atoms with Crippen LogP contribution < -0.4 is 10.9 Å². The highest BCUT2D eigenvalue weighted by molar-refractivity contribution is 5.97. The molecule has 1 aliphatic heterocycles. The number of nitrogens with one attached hydrogen (secondary N) is 1. The van der Waals surface area contributed by atoms with Gasteiger partial charge >= 0.3 is 0 Å². The van der Waals surface area contributed by atoms with Gasteiger partial charge in [-0.1, -0.05) is 13.8 Å². The predicted molar refractivity (Wildman–Crippen MR) is 128 cm³/mol. The van der Waals surface area contributed by atoms with E-state index in [1.807, 2.05) is 13.8 Å². The zero-order chi connectivity index (χ0) is 25.3. The molecule has 11 heteroatoms. The van der Waals surface area contributed by atoms with Crippen LogP contribution in [-0.2, 0) is 20.8 Å². The van der Waals surface area contributed by atoms with Crippen molar-refractivity contribution in [1.82, 2.24) is 24.4 Å². The van der Waals surface area contributed by atoms with E-state index in [2.05, 4.69) is 10.4 Å². The highest BCUT2D eigenvalue weighted by Gasteiger charge is 2.31. The smallest absolute Gasteiger partial charge is 0.270 e. The van der Waals surface area contributed by atoms with Crippen LogP contribution in [0, 0.1) is 12.8 Å². The number of rotatable bonds is 8. The van der Waals surface area contributed by atoms with Gasteiger partial charge in [-0.15, -0.1) is 0 Å². The molecule has 2 aliphatic rings. The van der Waals surface area contributed by atoms with Gasteiger partial charge in [0.05, 0.1) is 31.6 Å². The lowest BCUT2D eigenvalue weighted by Gasteiger charge is -2.34. The van der Waals surface area contributed by atoms with Crippen LogP contribution in [0.1, 0.15) is 48.3 Å². The molecule has 2 aromatic heterocycles. The summed E-state index contributed by atoms with van der Waals surface area (Å²) in [7, 11) is 1.58. The van der Waals surface area contributed by atoms with Gasteiger partial charge in [0.2, 0.25) is 11.8 Å². The van der Waals surface area contributed by atoms with Gasteiger partial charge in [-0.2, -0.15) is 9.61 Å². The fourth-order valence-corrected chi connectivity index (χ4v) is 4.31. The zero-order valence-corrected chi connectivity index (χ0v) is 20.6. The Morgan fingerprint density at radius 3 is 2.74 bits per heavy atom. The Hall–Kier alpha value is -3.18. The van der Waals surface area contributed by atoms with Gasteiger partial charge in [0.1, 0.15) is 5.65 Å². The minimum absolute atomic E-state index is 0.0292. The topological polar surface area (TPSA) is 127 Å². The number of aryl methyl sites for hydroxylation is 1. The molecule has 11 nitrogen and oxygen atoms in total. The van der Waals surface area contributed by atoms with Crippen molar-refractivity contribution in [3.8, 4) is 5.88 Å². The normalized spacial score (nSPS) is 18.7. The number of nitrogens with zero attached hydrogens (tertiary/aromatic N) is 4. The summed E-state index contributed by atoms with van der Waals surface area (Å²) >= 11 is 0. The number of fused-ring (bicyclic) bond motifs is 1. The number of aromatic hydroxyl groups is 1. The Morgan fingerprint density at radius 2 is 2.09 bits per heavy atom. The van der Waals surface area contributed by atoms with Crippen molar-refractivity contribution in [2.75, 3.05) is 33.5 Å². The molecule has 0 aromatic carbocycles. The fraction of sp³-hybridized carbons (Fsp3) is 0.583. The lowest BCUT2D eigenvalue weighted by molar-refractivity contribution is -0.136. The van der Waals surface area contributed by atoms with Crippen LogP contribution in [0.15, 0.2) is 10.9 Å². The second-order valence-electron chi connectivity index (χ2n) is 9.54. The number of hydrogen-bond donors (Lipinski definition) is 2. The van der Waals surface area contributed by atoms with Crippen molar-refractivity contribution in [2.45, 2.75) is 52.2 Å². The van der Waals surface area contributed by atoms with E-state index in [0.29, 0.717) is 49.8 Å². The van der Waals surface area contributed by atoms with E-state index in [1.54, 1.807) is 25.0 Å². The van der Waals surface area contributed by atoms with E-state index in [-0.39, 0.29) is 29.5 Å². The van der Waals surface area contributed by atoms with Crippen LogP contribution in [0.2, 0.25) is 0 Å². The first-order chi connectivity index (χ1) is 16.7. The molecular formula is C24H33N5O6. The van der Waals surface area contributed by atoms with Gasteiger partial charge in [-0.25, -0.2) is 0 Å². The lowest BCUT2D eigenvalue weighted by atomic mass is 10.1. The van der Waals surface area contributed by atoms with E-state index in [9.17, 15) is 19.5 Å². The number of methoxy groups -OCH3 is 1. The van der Waals surface area contributed by atoms with Crippen molar-refractivity contribution in [3.63, 3.8) is 0 Å². The largest absolute Gasteiger partial charge is 0.492 e. The standard InChI is InChI=1S/C24H33N5O6/c1-14(2)11-28-22-18(7-8-19(30)27-9-10-35-13-17(27)12-34-4)15(3)26-29(22)24(33)20(23(28)32)21(31)25-16-5-6-16/h7-8,14,16-17,33H,5-6,9-13H2,1-4H3,(H,25,31)/b8-7+/t17-/m0/s1. The Bertz CT molecular complexity index is 1210. The Labute approximate surface area is 203 Å². The van der Waals surface area contributed by atoms with E-state index >= 15 is 0 Å². The minimum atomic E-state index is -0.605. The number of morpholine rings is 1. The molecule has 0 radical (unpaired) electrons. The SMILES string of the molecule is COC[C@H]1COCCN1C(=O)/C=C/c1c(C)nn2c(O)c(C(=O)NC3CC3)c(=O)n(CC(C)C)c12. The molecule has 2 aromatic rings. The molecule has 2 fully saturated rings. The molecule has 190 valence electrons. The number of amides is 2. The third kappa shape index (κ3) is 5.10. The second kappa shape index (κ2) is 10.2. The Kier molecular flexibility index (Phi) is 7.27. The van der Waals surface area contributed by atoms with Crippen molar-refractivity contribution in [2.24, 2.45) is 5.92 Å². The summed E-state index contributed by atoms with van der Waals surface area (Å²) in [5.74, 6) is -1.24. The van der Waals surface area contributed by atoms with E-state index < -0.39 is 17.3 Å². The molecule has 0 unspecified atom stereocenters. The van der Waals surface area contributed by atoms with Crippen molar-refractivity contribution in [1.29, 1.82) is 0 Å². The summed E-state index contributed by atoms with van der Waals surface area (Å²) in [6.45, 7) is 7.61. The molecular weight excluding hydrogens is 454 g/mol. The van der Waals surface area contributed by atoms with Gasteiger partial charge < -0.3 is 24.8 Å². The third-order valence-corrected chi connectivity index (χ3v) is 6.17. The number of ether oxygens (including phenoxy) is 2. The molecule has 0 spiro atoms. The second-order valence-corrected chi connectivity index (χ2v) is 9.54. The van der Waals surface area contributed by atoms with Gasteiger partial charge in [0, 0.05) is 37.9 Å². The molecule has 3 heterocycles. The summed E-state index contributed by atoms with van der Waals surface area (Å²) in [5, 5.41) is 18.1. The molecule has 1 atom stereocenters. The van der Waals surface area contributed by atoms with Crippen LogP contribution in [0.4, 0.5) is 0 Å². The molecule has 4 rings (SSSR count). The monoisotopic (exact) mass is 487 g/mol. The number of aromatic nitrogens is 3. The predicted octanol–water partition coefficient (Wildman–Crippen LogP) is 0.945. The maximum atomic E-state index is 13.4. The van der Waals surface area contributed by atoms with Crippen molar-refractivity contribution in [3.05, 3.63) is 33.3 Å². The quantitative estimate of drug-likeness (QED) is 0.531. The van der Waals surface area contributed by atoms with Crippen molar-refractivity contribution >= 4 is 23.5 Å². The lowest BCUT2D eigenvalue weighted by Crippen LogP contribution is -2.50. The average Bonchev–Trinajstić information content (AvgIpc) is 3.56. The van der Waals surface area contributed by atoms with E-state index in [1.165, 1.54) is 15.2 Å². The fourth-order valence-electron chi connectivity index (χ4n) is 4.31. The first-order valence-electron chi connectivity index (χ1n) is 11.9. The number of carbonyl (C=O) groups excluding carboxylic acids is 2. The number of carbonyl (C=O) groups is 2. The number of hydrogen-bond acceptors (Lipinski definition) is 7. The summed E-state index contributed by atoms with van der Waals surface area (Å²) in [6, 6.07) is -0.159. The van der Waals surface area contributed by atoms with Gasteiger partial charge in [-0.05, 0) is 31.8 Å². The maximum absolute atomic E-state index is 13.4. The van der Waals surface area contributed by atoms with Crippen LogP contribution in [-0.4, -0.2) is 81.6 Å². The molecule has 1 saturated heterocycles. The summed E-state index contributed by atoms with van der Waals surface area (Å²) in [4.78, 5) is 40.9. The Morgan fingerprint density at radius 1 is 1.34 bits per heavy atom. The first kappa shape index (κ1) is 24.9.